The zero-order chi connectivity index (χ0) is 19.2. The largest absolute Gasteiger partial charge is 0.486 e. The predicted octanol–water partition coefficient (Wildman–Crippen LogP) is 4.35. The van der Waals surface area contributed by atoms with Gasteiger partial charge in [-0.2, -0.15) is 0 Å². The average molecular weight is 380 g/mol. The lowest BCUT2D eigenvalue weighted by atomic mass is 9.86. The van der Waals surface area contributed by atoms with Crippen molar-refractivity contribution in [2.45, 2.75) is 51.6 Å². The fourth-order valence-corrected chi connectivity index (χ4v) is 4.12. The summed E-state index contributed by atoms with van der Waals surface area (Å²) in [5, 5.41) is 0. The Hall–Kier alpha value is -2.56. The van der Waals surface area contributed by atoms with Crippen molar-refractivity contribution in [2.24, 2.45) is 5.92 Å². The topological polar surface area (TPSA) is 51.7 Å². The molecule has 0 saturated heterocycles. The number of amides is 1. The maximum atomic E-state index is 13.2. The Morgan fingerprint density at radius 3 is 2.57 bits per heavy atom. The third-order valence-electron chi connectivity index (χ3n) is 5.62. The Kier molecular flexibility index (Phi) is 6.10. The lowest BCUT2D eigenvalue weighted by Gasteiger charge is -2.27. The van der Waals surface area contributed by atoms with E-state index in [0.717, 1.165) is 22.6 Å². The molecule has 1 aromatic heterocycles. The van der Waals surface area contributed by atoms with Crippen LogP contribution in [-0.2, 0) is 17.9 Å². The molecule has 1 aromatic carbocycles. The van der Waals surface area contributed by atoms with Gasteiger partial charge in [0.25, 0.3) is 0 Å². The van der Waals surface area contributed by atoms with Gasteiger partial charge in [-0.25, -0.2) is 0 Å². The van der Waals surface area contributed by atoms with Crippen molar-refractivity contribution in [2.75, 3.05) is 13.2 Å². The summed E-state index contributed by atoms with van der Waals surface area (Å²) in [5.74, 6) is 2.30. The highest BCUT2D eigenvalue weighted by Crippen LogP contribution is 2.32. The van der Waals surface area contributed by atoms with Crippen LogP contribution in [-0.4, -0.2) is 29.0 Å². The number of rotatable bonds is 6. The van der Waals surface area contributed by atoms with Gasteiger partial charge in [0.15, 0.2) is 11.5 Å². The fourth-order valence-electron chi connectivity index (χ4n) is 4.12. The quantitative estimate of drug-likeness (QED) is 0.747. The molecule has 0 spiro atoms. The SMILES string of the molecule is O=C(CC1CCCCC1)N(Cc1cccnc1)Cc1ccc2c(c1)OCCO2. The monoisotopic (exact) mass is 380 g/mol. The number of pyridine rings is 1. The Labute approximate surface area is 166 Å². The van der Waals surface area contributed by atoms with Crippen LogP contribution in [0.25, 0.3) is 0 Å². The van der Waals surface area contributed by atoms with Gasteiger partial charge in [0.05, 0.1) is 0 Å². The molecule has 1 fully saturated rings. The van der Waals surface area contributed by atoms with Crippen LogP contribution in [0.3, 0.4) is 0 Å². The van der Waals surface area contributed by atoms with E-state index in [-0.39, 0.29) is 5.91 Å². The third-order valence-corrected chi connectivity index (χ3v) is 5.62. The van der Waals surface area contributed by atoms with Crippen molar-refractivity contribution in [3.63, 3.8) is 0 Å². The van der Waals surface area contributed by atoms with Crippen LogP contribution in [0.2, 0.25) is 0 Å². The summed E-state index contributed by atoms with van der Waals surface area (Å²) in [5.41, 5.74) is 2.11. The first-order chi connectivity index (χ1) is 13.8. The first-order valence-corrected chi connectivity index (χ1v) is 10.3. The lowest BCUT2D eigenvalue weighted by molar-refractivity contribution is -0.133. The first-order valence-electron chi connectivity index (χ1n) is 10.3. The van der Waals surface area contributed by atoms with E-state index in [0.29, 0.717) is 38.6 Å². The van der Waals surface area contributed by atoms with Gasteiger partial charge in [-0.1, -0.05) is 31.4 Å². The predicted molar refractivity (Wildman–Crippen MR) is 107 cm³/mol. The molecule has 0 unspecified atom stereocenters. The molecule has 1 aliphatic heterocycles. The molecule has 1 saturated carbocycles. The van der Waals surface area contributed by atoms with E-state index < -0.39 is 0 Å². The average Bonchev–Trinajstić information content (AvgIpc) is 2.74. The van der Waals surface area contributed by atoms with Gasteiger partial charge < -0.3 is 14.4 Å². The van der Waals surface area contributed by atoms with Gasteiger partial charge in [0.2, 0.25) is 5.91 Å². The highest BCUT2D eigenvalue weighted by atomic mass is 16.6. The van der Waals surface area contributed by atoms with Gasteiger partial charge >= 0.3 is 0 Å². The van der Waals surface area contributed by atoms with E-state index in [1.165, 1.54) is 32.1 Å². The van der Waals surface area contributed by atoms with Gasteiger partial charge in [-0.05, 0) is 48.1 Å². The fraction of sp³-hybridized carbons (Fsp3) is 0.478. The van der Waals surface area contributed by atoms with Crippen LogP contribution in [0.1, 0.15) is 49.7 Å². The molecule has 4 rings (SSSR count). The second-order valence-corrected chi connectivity index (χ2v) is 7.80. The molecule has 2 aliphatic rings. The summed E-state index contributed by atoms with van der Waals surface area (Å²) in [4.78, 5) is 19.3. The molecule has 28 heavy (non-hydrogen) atoms. The van der Waals surface area contributed by atoms with Gasteiger partial charge in [-0.15, -0.1) is 0 Å². The Morgan fingerprint density at radius 1 is 1.00 bits per heavy atom. The number of benzene rings is 1. The summed E-state index contributed by atoms with van der Waals surface area (Å²) >= 11 is 0. The molecule has 0 radical (unpaired) electrons. The van der Waals surface area contributed by atoms with E-state index in [4.69, 9.17) is 9.47 Å². The summed E-state index contributed by atoms with van der Waals surface area (Å²) < 4.78 is 11.3. The van der Waals surface area contributed by atoms with Crippen LogP contribution in [0, 0.1) is 5.92 Å². The first kappa shape index (κ1) is 18.8. The number of ether oxygens (including phenoxy) is 2. The molecule has 148 valence electrons. The Morgan fingerprint density at radius 2 is 1.79 bits per heavy atom. The van der Waals surface area contributed by atoms with Crippen LogP contribution >= 0.6 is 0 Å². The number of hydrogen-bond donors (Lipinski definition) is 0. The maximum absolute atomic E-state index is 13.2. The van der Waals surface area contributed by atoms with Crippen molar-refractivity contribution >= 4 is 5.91 Å². The lowest BCUT2D eigenvalue weighted by Crippen LogP contribution is -2.32. The van der Waals surface area contributed by atoms with E-state index >= 15 is 0 Å². The van der Waals surface area contributed by atoms with Crippen molar-refractivity contribution in [1.82, 2.24) is 9.88 Å². The van der Waals surface area contributed by atoms with Crippen molar-refractivity contribution in [3.05, 3.63) is 53.9 Å². The number of hydrogen-bond acceptors (Lipinski definition) is 4. The Balaban J connectivity index is 1.49. The molecular formula is C23H28N2O3. The van der Waals surface area contributed by atoms with Gasteiger partial charge in [0, 0.05) is 31.9 Å². The van der Waals surface area contributed by atoms with E-state index in [2.05, 4.69) is 4.98 Å². The number of carbonyl (C=O) groups is 1. The van der Waals surface area contributed by atoms with Crippen molar-refractivity contribution < 1.29 is 14.3 Å². The second-order valence-electron chi connectivity index (χ2n) is 7.80. The minimum Gasteiger partial charge on any atom is -0.486 e. The molecule has 0 N–H and O–H groups in total. The molecule has 5 nitrogen and oxygen atoms in total. The van der Waals surface area contributed by atoms with Crippen molar-refractivity contribution in [3.8, 4) is 11.5 Å². The summed E-state index contributed by atoms with van der Waals surface area (Å²) in [7, 11) is 0. The number of carbonyl (C=O) groups excluding carboxylic acids is 1. The zero-order valence-corrected chi connectivity index (χ0v) is 16.3. The highest BCUT2D eigenvalue weighted by molar-refractivity contribution is 5.76. The van der Waals surface area contributed by atoms with Gasteiger partial charge in [0.1, 0.15) is 13.2 Å². The molecular weight excluding hydrogens is 352 g/mol. The van der Waals surface area contributed by atoms with Crippen LogP contribution in [0.4, 0.5) is 0 Å². The van der Waals surface area contributed by atoms with Gasteiger partial charge in [-0.3, -0.25) is 9.78 Å². The number of fused-ring (bicyclic) bond motifs is 1. The second kappa shape index (κ2) is 9.09. The molecule has 0 atom stereocenters. The van der Waals surface area contributed by atoms with E-state index in [1.54, 1.807) is 6.20 Å². The minimum absolute atomic E-state index is 0.227. The normalized spacial score (nSPS) is 16.6. The number of nitrogens with zero attached hydrogens (tertiary/aromatic N) is 2. The highest BCUT2D eigenvalue weighted by Gasteiger charge is 2.22. The summed E-state index contributed by atoms with van der Waals surface area (Å²) in [6, 6.07) is 9.91. The minimum atomic E-state index is 0.227. The Bertz CT molecular complexity index is 788. The third kappa shape index (κ3) is 4.83. The maximum Gasteiger partial charge on any atom is 0.223 e. The van der Waals surface area contributed by atoms with E-state index in [1.807, 2.05) is 41.4 Å². The van der Waals surface area contributed by atoms with Crippen LogP contribution < -0.4 is 9.47 Å². The zero-order valence-electron chi connectivity index (χ0n) is 16.3. The standard InChI is InChI=1S/C23H28N2O3/c26-23(14-18-5-2-1-3-6-18)25(17-20-7-4-10-24-15-20)16-19-8-9-21-22(13-19)28-12-11-27-21/h4,7-10,13,15,18H,1-3,5-6,11-12,14,16-17H2. The number of aromatic nitrogens is 1. The van der Waals surface area contributed by atoms with Crippen molar-refractivity contribution in [1.29, 1.82) is 0 Å². The van der Waals surface area contributed by atoms with Crippen LogP contribution in [0.15, 0.2) is 42.7 Å². The van der Waals surface area contributed by atoms with Crippen LogP contribution in [0.5, 0.6) is 11.5 Å². The summed E-state index contributed by atoms with van der Waals surface area (Å²) in [6.07, 6.45) is 10.4. The molecule has 2 aromatic rings. The molecule has 1 aliphatic carbocycles. The summed E-state index contributed by atoms with van der Waals surface area (Å²) in [6.45, 7) is 2.29. The van der Waals surface area contributed by atoms with E-state index in [9.17, 15) is 4.79 Å². The molecule has 1 amide bonds. The smallest absolute Gasteiger partial charge is 0.223 e. The molecule has 5 heteroatoms. The molecule has 2 heterocycles. The molecule has 0 bridgehead atoms.